The summed E-state index contributed by atoms with van der Waals surface area (Å²) in [7, 11) is -1.97. The number of nitriles is 1. The van der Waals surface area contributed by atoms with Crippen LogP contribution in [0.25, 0.3) is 10.8 Å². The molecular formula is C28H37NO4Si. The molecule has 5 nitrogen and oxygen atoms in total. The first-order valence-electron chi connectivity index (χ1n) is 12.7. The molecule has 4 rings (SSSR count). The summed E-state index contributed by atoms with van der Waals surface area (Å²) in [5.41, 5.74) is 1.12. The molecule has 0 aromatic heterocycles. The van der Waals surface area contributed by atoms with E-state index in [9.17, 15) is 5.26 Å². The van der Waals surface area contributed by atoms with Crippen molar-refractivity contribution in [2.45, 2.75) is 88.9 Å². The summed E-state index contributed by atoms with van der Waals surface area (Å²) in [6.07, 6.45) is 3.90. The highest BCUT2D eigenvalue weighted by molar-refractivity contribution is 6.73. The van der Waals surface area contributed by atoms with Crippen LogP contribution in [-0.4, -0.2) is 45.4 Å². The van der Waals surface area contributed by atoms with Crippen molar-refractivity contribution >= 4 is 19.1 Å². The van der Waals surface area contributed by atoms with E-state index in [4.69, 9.17) is 18.6 Å². The van der Waals surface area contributed by atoms with Gasteiger partial charge in [0.15, 0.2) is 8.32 Å². The van der Waals surface area contributed by atoms with Gasteiger partial charge in [-0.25, -0.2) is 0 Å². The van der Waals surface area contributed by atoms with Gasteiger partial charge in [0.05, 0.1) is 37.9 Å². The highest BCUT2D eigenvalue weighted by Gasteiger charge is 2.50. The lowest BCUT2D eigenvalue weighted by atomic mass is 9.92. The monoisotopic (exact) mass is 479 g/mol. The van der Waals surface area contributed by atoms with Gasteiger partial charge in [0, 0.05) is 0 Å². The Hall–Kier alpha value is -2.01. The van der Waals surface area contributed by atoms with E-state index in [1.165, 1.54) is 10.8 Å². The fraction of sp³-hybridized carbons (Fsp3) is 0.536. The summed E-state index contributed by atoms with van der Waals surface area (Å²) >= 11 is 0. The molecule has 1 saturated heterocycles. The van der Waals surface area contributed by atoms with E-state index in [2.05, 4.69) is 75.4 Å². The summed E-state index contributed by atoms with van der Waals surface area (Å²) in [5.74, 6) is 0. The fourth-order valence-electron chi connectivity index (χ4n) is 5.24. The molecule has 2 aliphatic rings. The second-order valence-corrected chi connectivity index (χ2v) is 14.1. The number of rotatable bonds is 9. The van der Waals surface area contributed by atoms with Crippen molar-refractivity contribution in [1.82, 2.24) is 0 Å². The van der Waals surface area contributed by atoms with Gasteiger partial charge < -0.3 is 18.6 Å². The van der Waals surface area contributed by atoms with E-state index in [1.807, 2.05) is 6.08 Å². The molecule has 2 aromatic rings. The molecule has 5 atom stereocenters. The van der Waals surface area contributed by atoms with Gasteiger partial charge in [-0.1, -0.05) is 69.3 Å². The highest BCUT2D eigenvalue weighted by Crippen LogP contribution is 2.36. The molecule has 2 heterocycles. The van der Waals surface area contributed by atoms with Gasteiger partial charge >= 0.3 is 0 Å². The maximum absolute atomic E-state index is 9.59. The van der Waals surface area contributed by atoms with Crippen LogP contribution in [0.15, 0.2) is 54.6 Å². The summed E-state index contributed by atoms with van der Waals surface area (Å²) < 4.78 is 26.4. The lowest BCUT2D eigenvalue weighted by Gasteiger charge is -2.48. The van der Waals surface area contributed by atoms with Crippen LogP contribution in [0.1, 0.15) is 39.2 Å². The Morgan fingerprint density at radius 3 is 2.50 bits per heavy atom. The van der Waals surface area contributed by atoms with E-state index in [0.29, 0.717) is 13.2 Å². The molecule has 0 radical (unpaired) electrons. The van der Waals surface area contributed by atoms with Gasteiger partial charge in [-0.05, 0) is 47.0 Å². The largest absolute Gasteiger partial charge is 0.408 e. The quantitative estimate of drug-likeness (QED) is 0.319. The van der Waals surface area contributed by atoms with Crippen LogP contribution in [0, 0.1) is 11.3 Å². The predicted molar refractivity (Wildman–Crippen MR) is 137 cm³/mol. The number of benzene rings is 2. The molecule has 2 aliphatic heterocycles. The van der Waals surface area contributed by atoms with Gasteiger partial charge in [0.2, 0.25) is 0 Å². The van der Waals surface area contributed by atoms with Crippen LogP contribution in [0.2, 0.25) is 18.1 Å². The third kappa shape index (κ3) is 5.45. The van der Waals surface area contributed by atoms with Crippen LogP contribution in [0.4, 0.5) is 0 Å². The van der Waals surface area contributed by atoms with Gasteiger partial charge in [-0.15, -0.1) is 0 Å². The van der Waals surface area contributed by atoms with Crippen molar-refractivity contribution in [2.24, 2.45) is 0 Å². The first-order chi connectivity index (χ1) is 16.6. The molecule has 0 saturated carbocycles. The van der Waals surface area contributed by atoms with E-state index >= 15 is 0 Å². The molecule has 0 bridgehead atoms. The average Bonchev–Trinajstić information content (AvgIpc) is 3.12. The van der Waals surface area contributed by atoms with Crippen LogP contribution in [-0.2, 0) is 25.2 Å². The molecule has 6 heteroatoms. The van der Waals surface area contributed by atoms with Crippen LogP contribution in [0.5, 0.6) is 0 Å². The maximum Gasteiger partial charge on any atom is 0.192 e. The van der Waals surface area contributed by atoms with E-state index in [-0.39, 0.29) is 36.9 Å². The number of nitrogens with zero attached hydrogens (tertiary/aromatic N) is 1. The minimum atomic E-state index is -1.97. The Balaban J connectivity index is 1.63. The van der Waals surface area contributed by atoms with Crippen molar-refractivity contribution in [3.63, 3.8) is 0 Å². The normalized spacial score (nSPS) is 27.2. The molecule has 0 amide bonds. The molecule has 34 heavy (non-hydrogen) atoms. The van der Waals surface area contributed by atoms with Crippen LogP contribution >= 0.6 is 0 Å². The zero-order valence-corrected chi connectivity index (χ0v) is 21.6. The molecule has 1 fully saturated rings. The molecule has 2 aromatic carbocycles. The van der Waals surface area contributed by atoms with Gasteiger partial charge in [0.1, 0.15) is 18.3 Å². The first kappa shape index (κ1) is 25.1. The molecule has 0 unspecified atom stereocenters. The smallest absolute Gasteiger partial charge is 0.192 e. The fourth-order valence-corrected chi connectivity index (χ4v) is 8.11. The molecule has 0 spiro atoms. The lowest BCUT2D eigenvalue weighted by Crippen LogP contribution is -2.62. The van der Waals surface area contributed by atoms with Gasteiger partial charge in [-0.2, -0.15) is 5.26 Å². The van der Waals surface area contributed by atoms with Crippen molar-refractivity contribution < 1.29 is 18.6 Å². The molecule has 0 aliphatic carbocycles. The van der Waals surface area contributed by atoms with Gasteiger partial charge in [-0.3, -0.25) is 0 Å². The second-order valence-electron chi connectivity index (χ2n) is 9.36. The Morgan fingerprint density at radius 2 is 1.76 bits per heavy atom. The van der Waals surface area contributed by atoms with Crippen molar-refractivity contribution in [3.8, 4) is 6.07 Å². The number of ether oxygens (including phenoxy) is 3. The van der Waals surface area contributed by atoms with Crippen molar-refractivity contribution in [3.05, 3.63) is 60.2 Å². The van der Waals surface area contributed by atoms with Crippen molar-refractivity contribution in [2.75, 3.05) is 6.61 Å². The predicted octanol–water partition coefficient (Wildman–Crippen LogP) is 6.14. The van der Waals surface area contributed by atoms with E-state index < -0.39 is 8.32 Å². The Labute approximate surface area is 204 Å². The Bertz CT molecular complexity index is 1010. The van der Waals surface area contributed by atoms with Crippen molar-refractivity contribution in [1.29, 1.82) is 5.26 Å². The van der Waals surface area contributed by atoms with Crippen LogP contribution in [0.3, 0.4) is 0 Å². The first-order valence-corrected chi connectivity index (χ1v) is 15.2. The topological polar surface area (TPSA) is 60.7 Å². The van der Waals surface area contributed by atoms with E-state index in [0.717, 1.165) is 30.1 Å². The zero-order chi connectivity index (χ0) is 24.0. The summed E-state index contributed by atoms with van der Waals surface area (Å²) in [5, 5.41) is 12.0. The van der Waals surface area contributed by atoms with Gasteiger partial charge in [0.25, 0.3) is 0 Å². The Kier molecular flexibility index (Phi) is 8.57. The maximum atomic E-state index is 9.59. The molecular weight excluding hydrogens is 442 g/mol. The molecule has 0 N–H and O–H groups in total. The summed E-state index contributed by atoms with van der Waals surface area (Å²) in [6.45, 7) is 7.67. The lowest BCUT2D eigenvalue weighted by molar-refractivity contribution is -0.240. The zero-order valence-electron chi connectivity index (χ0n) is 20.6. The van der Waals surface area contributed by atoms with E-state index in [1.54, 1.807) is 0 Å². The van der Waals surface area contributed by atoms with Crippen LogP contribution < -0.4 is 0 Å². The molecule has 182 valence electrons. The minimum absolute atomic E-state index is 0.139. The SMILES string of the molecule is CC[Si](CC)(CC)O[C@H]1[C@H](OCc2ccc3ccccc3c2)[C@H]2OCC=CC[C@@H]2O[C@@H]1CC#N. The second kappa shape index (κ2) is 11.6. The number of hydrogen-bond donors (Lipinski definition) is 0. The number of hydrogen-bond acceptors (Lipinski definition) is 5. The standard InChI is InChI=1S/C28H37NO4Si/c1-4-34(5-2,6-3)33-27-25(16-17-29)32-24-13-9-10-18-30-26(24)28(27)31-20-21-14-15-22-11-7-8-12-23(22)19-21/h7-12,14-15,19,24-28H,4-6,13,16,18,20H2,1-3H3/t24-,25+,26-,27+,28+/m0/s1. The number of fused-ring (bicyclic) bond motifs is 2. The average molecular weight is 480 g/mol. The Morgan fingerprint density at radius 1 is 1.00 bits per heavy atom. The third-order valence-corrected chi connectivity index (χ3v) is 12.2. The minimum Gasteiger partial charge on any atom is -0.408 e. The summed E-state index contributed by atoms with van der Waals surface area (Å²) in [6, 6.07) is 20.2. The highest BCUT2D eigenvalue weighted by atomic mass is 28.4. The third-order valence-electron chi connectivity index (χ3n) is 7.52. The summed E-state index contributed by atoms with van der Waals surface area (Å²) in [4.78, 5) is 0.